The average Bonchev–Trinajstić information content (AvgIpc) is 2.59. The van der Waals surface area contributed by atoms with Crippen molar-refractivity contribution in [2.24, 2.45) is 0 Å². The Morgan fingerprint density at radius 1 is 0.962 bits per heavy atom. The standard InChI is InChI=1S/C20H25ClN2O2S/c1-14-7-12-18(15(2)13-14)22-19-5-3-4-6-20(19)23-26(24,25)17-10-8-16(21)9-11-17/h7-13,19-20,22-23H,3-6H2,1-2H3/t19-,20-/m0/s1. The molecule has 0 bridgehead atoms. The summed E-state index contributed by atoms with van der Waals surface area (Å²) in [6.45, 7) is 4.14. The van der Waals surface area contributed by atoms with Crippen LogP contribution in [0.2, 0.25) is 5.02 Å². The lowest BCUT2D eigenvalue weighted by Gasteiger charge is -2.33. The lowest BCUT2D eigenvalue weighted by atomic mass is 9.90. The highest BCUT2D eigenvalue weighted by molar-refractivity contribution is 7.89. The van der Waals surface area contributed by atoms with Gasteiger partial charge in [0, 0.05) is 22.8 Å². The second-order valence-electron chi connectivity index (χ2n) is 7.04. The molecule has 2 aromatic carbocycles. The number of hydrogen-bond acceptors (Lipinski definition) is 3. The van der Waals surface area contributed by atoms with Crippen molar-refractivity contribution in [2.45, 2.75) is 56.5 Å². The van der Waals surface area contributed by atoms with Gasteiger partial charge in [-0.1, -0.05) is 42.1 Å². The minimum atomic E-state index is -3.57. The molecule has 0 amide bonds. The maximum absolute atomic E-state index is 12.7. The van der Waals surface area contributed by atoms with E-state index in [1.54, 1.807) is 24.3 Å². The number of halogens is 1. The summed E-state index contributed by atoms with van der Waals surface area (Å²) in [7, 11) is -3.57. The van der Waals surface area contributed by atoms with Crippen LogP contribution in [0.4, 0.5) is 5.69 Å². The third-order valence-electron chi connectivity index (χ3n) is 4.92. The fourth-order valence-corrected chi connectivity index (χ4v) is 4.94. The molecule has 0 unspecified atom stereocenters. The predicted molar refractivity (Wildman–Crippen MR) is 107 cm³/mol. The van der Waals surface area contributed by atoms with Crippen LogP contribution in [0.3, 0.4) is 0 Å². The van der Waals surface area contributed by atoms with Gasteiger partial charge in [-0.3, -0.25) is 0 Å². The minimum Gasteiger partial charge on any atom is -0.380 e. The highest BCUT2D eigenvalue weighted by Crippen LogP contribution is 2.26. The zero-order chi connectivity index (χ0) is 18.7. The summed E-state index contributed by atoms with van der Waals surface area (Å²) in [6, 6.07) is 12.5. The molecule has 0 aromatic heterocycles. The van der Waals surface area contributed by atoms with Crippen LogP contribution in [0, 0.1) is 13.8 Å². The van der Waals surface area contributed by atoms with Gasteiger partial charge in [-0.05, 0) is 62.6 Å². The number of sulfonamides is 1. The molecule has 0 saturated heterocycles. The molecule has 1 saturated carbocycles. The van der Waals surface area contributed by atoms with E-state index >= 15 is 0 Å². The summed E-state index contributed by atoms with van der Waals surface area (Å²) in [6.07, 6.45) is 3.90. The maximum Gasteiger partial charge on any atom is 0.240 e. The smallest absolute Gasteiger partial charge is 0.240 e. The Kier molecular flexibility index (Phi) is 5.90. The van der Waals surface area contributed by atoms with Gasteiger partial charge in [-0.25, -0.2) is 13.1 Å². The number of aryl methyl sites for hydroxylation is 2. The van der Waals surface area contributed by atoms with Crippen LogP contribution in [-0.4, -0.2) is 20.5 Å². The van der Waals surface area contributed by atoms with Crippen molar-refractivity contribution in [1.82, 2.24) is 4.72 Å². The molecular formula is C20H25ClN2O2S. The van der Waals surface area contributed by atoms with Crippen LogP contribution >= 0.6 is 11.6 Å². The van der Waals surface area contributed by atoms with E-state index in [1.165, 1.54) is 11.1 Å². The van der Waals surface area contributed by atoms with Gasteiger partial charge in [0.25, 0.3) is 0 Å². The van der Waals surface area contributed by atoms with E-state index in [4.69, 9.17) is 11.6 Å². The Bertz CT molecular complexity index is 866. The third kappa shape index (κ3) is 4.58. The van der Waals surface area contributed by atoms with Crippen LogP contribution in [0.15, 0.2) is 47.4 Å². The molecule has 2 atom stereocenters. The molecule has 140 valence electrons. The van der Waals surface area contributed by atoms with Crippen molar-refractivity contribution in [3.05, 3.63) is 58.6 Å². The van der Waals surface area contributed by atoms with E-state index in [0.717, 1.165) is 31.4 Å². The van der Waals surface area contributed by atoms with Gasteiger partial charge in [0.15, 0.2) is 0 Å². The Morgan fingerprint density at radius 3 is 2.27 bits per heavy atom. The SMILES string of the molecule is Cc1ccc(N[C@H]2CCCC[C@@H]2NS(=O)(=O)c2ccc(Cl)cc2)c(C)c1. The van der Waals surface area contributed by atoms with Gasteiger partial charge in [0.2, 0.25) is 10.0 Å². The summed E-state index contributed by atoms with van der Waals surface area (Å²) in [5, 5.41) is 4.09. The van der Waals surface area contributed by atoms with Gasteiger partial charge in [0.1, 0.15) is 0 Å². The zero-order valence-electron chi connectivity index (χ0n) is 15.1. The topological polar surface area (TPSA) is 58.2 Å². The van der Waals surface area contributed by atoms with Crippen LogP contribution in [0.25, 0.3) is 0 Å². The third-order valence-corrected chi connectivity index (χ3v) is 6.68. The average molecular weight is 393 g/mol. The highest BCUT2D eigenvalue weighted by atomic mass is 35.5. The first-order valence-corrected chi connectivity index (χ1v) is 10.8. The molecule has 2 N–H and O–H groups in total. The van der Waals surface area contributed by atoms with E-state index in [0.29, 0.717) is 5.02 Å². The molecule has 1 fully saturated rings. The maximum atomic E-state index is 12.7. The normalized spacial score (nSPS) is 20.7. The number of benzene rings is 2. The number of rotatable bonds is 5. The van der Waals surface area contributed by atoms with Crippen LogP contribution in [0.5, 0.6) is 0 Å². The molecule has 0 spiro atoms. The summed E-state index contributed by atoms with van der Waals surface area (Å²) >= 11 is 5.87. The number of nitrogens with one attached hydrogen (secondary N) is 2. The van der Waals surface area contributed by atoms with E-state index in [-0.39, 0.29) is 17.0 Å². The van der Waals surface area contributed by atoms with Crippen molar-refractivity contribution >= 4 is 27.3 Å². The van der Waals surface area contributed by atoms with E-state index < -0.39 is 10.0 Å². The first-order valence-electron chi connectivity index (χ1n) is 8.97. The van der Waals surface area contributed by atoms with Crippen molar-refractivity contribution in [3.8, 4) is 0 Å². The summed E-state index contributed by atoms with van der Waals surface area (Å²) in [5.41, 5.74) is 3.46. The predicted octanol–water partition coefficient (Wildman–Crippen LogP) is 4.66. The molecular weight excluding hydrogens is 368 g/mol. The largest absolute Gasteiger partial charge is 0.380 e. The second kappa shape index (κ2) is 7.99. The van der Waals surface area contributed by atoms with E-state index in [9.17, 15) is 8.42 Å². The quantitative estimate of drug-likeness (QED) is 0.778. The van der Waals surface area contributed by atoms with Gasteiger partial charge < -0.3 is 5.32 Å². The summed E-state index contributed by atoms with van der Waals surface area (Å²) in [5.74, 6) is 0. The van der Waals surface area contributed by atoms with Crippen molar-refractivity contribution in [3.63, 3.8) is 0 Å². The molecule has 2 aromatic rings. The van der Waals surface area contributed by atoms with Crippen molar-refractivity contribution in [2.75, 3.05) is 5.32 Å². The van der Waals surface area contributed by atoms with Gasteiger partial charge in [-0.15, -0.1) is 0 Å². The fraction of sp³-hybridized carbons (Fsp3) is 0.400. The van der Waals surface area contributed by atoms with Crippen LogP contribution in [-0.2, 0) is 10.0 Å². The summed E-state index contributed by atoms with van der Waals surface area (Å²) in [4.78, 5) is 0.248. The van der Waals surface area contributed by atoms with Gasteiger partial charge in [-0.2, -0.15) is 0 Å². The fourth-order valence-electron chi connectivity index (χ4n) is 3.50. The zero-order valence-corrected chi connectivity index (χ0v) is 16.7. The monoisotopic (exact) mass is 392 g/mol. The molecule has 4 nitrogen and oxygen atoms in total. The van der Waals surface area contributed by atoms with Crippen molar-refractivity contribution < 1.29 is 8.42 Å². The van der Waals surface area contributed by atoms with Gasteiger partial charge >= 0.3 is 0 Å². The first-order chi connectivity index (χ1) is 12.3. The molecule has 0 aliphatic heterocycles. The molecule has 1 aliphatic rings. The molecule has 0 heterocycles. The number of anilines is 1. The highest BCUT2D eigenvalue weighted by Gasteiger charge is 2.29. The molecule has 6 heteroatoms. The Balaban J connectivity index is 1.77. The van der Waals surface area contributed by atoms with Gasteiger partial charge in [0.05, 0.1) is 4.90 Å². The van der Waals surface area contributed by atoms with E-state index in [1.807, 2.05) is 0 Å². The van der Waals surface area contributed by atoms with Crippen molar-refractivity contribution in [1.29, 1.82) is 0 Å². The minimum absolute atomic E-state index is 0.0761. The Hall–Kier alpha value is -1.56. The molecule has 3 rings (SSSR count). The molecule has 26 heavy (non-hydrogen) atoms. The second-order valence-corrected chi connectivity index (χ2v) is 9.19. The Morgan fingerprint density at radius 2 is 1.62 bits per heavy atom. The molecule has 0 radical (unpaired) electrons. The van der Waals surface area contributed by atoms with Crippen LogP contribution < -0.4 is 10.0 Å². The molecule has 1 aliphatic carbocycles. The first kappa shape index (κ1) is 19.2. The van der Waals surface area contributed by atoms with E-state index in [2.05, 4.69) is 42.1 Å². The summed E-state index contributed by atoms with van der Waals surface area (Å²) < 4.78 is 28.4. The van der Waals surface area contributed by atoms with Crippen LogP contribution in [0.1, 0.15) is 36.8 Å². The lowest BCUT2D eigenvalue weighted by Crippen LogP contribution is -2.48. The Labute approximate surface area is 161 Å². The number of hydrogen-bond donors (Lipinski definition) is 2. The lowest BCUT2D eigenvalue weighted by molar-refractivity contribution is 0.378.